The number of hydrogen-bond acceptors (Lipinski definition) is 4. The average Bonchev–Trinajstić information content (AvgIpc) is 2.60. The van der Waals surface area contributed by atoms with Crippen LogP contribution in [-0.2, 0) is 14.8 Å². The maximum absolute atomic E-state index is 13.6. The van der Waals surface area contributed by atoms with Crippen LogP contribution in [0.25, 0.3) is 0 Å². The van der Waals surface area contributed by atoms with Crippen molar-refractivity contribution in [2.24, 2.45) is 5.92 Å². The van der Waals surface area contributed by atoms with Gasteiger partial charge in [0.1, 0.15) is 10.7 Å². The lowest BCUT2D eigenvalue weighted by Crippen LogP contribution is -2.41. The third-order valence-electron chi connectivity index (χ3n) is 4.41. The molecule has 1 aromatic carbocycles. The van der Waals surface area contributed by atoms with Gasteiger partial charge in [0.05, 0.1) is 0 Å². The molecule has 0 radical (unpaired) electrons. The second kappa shape index (κ2) is 10.8. The molecule has 1 amide bonds. The monoisotopic (exact) mass is 407 g/mol. The molecule has 0 unspecified atom stereocenters. The number of halogens is 2. The van der Waals surface area contributed by atoms with Crippen molar-refractivity contribution >= 4 is 28.3 Å². The van der Waals surface area contributed by atoms with Gasteiger partial charge in [0.15, 0.2) is 0 Å². The third kappa shape index (κ3) is 6.50. The minimum Gasteiger partial charge on any atom is -0.343 e. The van der Waals surface area contributed by atoms with E-state index in [2.05, 4.69) is 17.0 Å². The molecular formula is C17H27ClFN3O3S. The number of hydrogen-bond donors (Lipinski definition) is 2. The Bertz CT molecular complexity index is 680. The molecule has 9 heteroatoms. The number of nitrogens with one attached hydrogen (secondary N) is 2. The summed E-state index contributed by atoms with van der Waals surface area (Å²) in [6.45, 7) is 5.36. The van der Waals surface area contributed by atoms with Crippen molar-refractivity contribution in [1.82, 2.24) is 14.9 Å². The van der Waals surface area contributed by atoms with Crippen molar-refractivity contribution < 1.29 is 17.6 Å². The molecule has 6 nitrogen and oxygen atoms in total. The summed E-state index contributed by atoms with van der Waals surface area (Å²) >= 11 is 0. The van der Waals surface area contributed by atoms with Crippen molar-refractivity contribution in [2.75, 3.05) is 32.7 Å². The van der Waals surface area contributed by atoms with Gasteiger partial charge in [-0.1, -0.05) is 19.1 Å². The zero-order valence-corrected chi connectivity index (χ0v) is 16.5. The lowest BCUT2D eigenvalue weighted by atomic mass is 9.96. The van der Waals surface area contributed by atoms with E-state index >= 15 is 0 Å². The van der Waals surface area contributed by atoms with Crippen LogP contribution in [0, 0.1) is 11.7 Å². The molecule has 0 saturated carbocycles. The average molecular weight is 408 g/mol. The molecule has 0 atom stereocenters. The van der Waals surface area contributed by atoms with Gasteiger partial charge < -0.3 is 10.2 Å². The van der Waals surface area contributed by atoms with E-state index in [0.29, 0.717) is 19.0 Å². The molecule has 1 aliphatic rings. The van der Waals surface area contributed by atoms with Gasteiger partial charge in [-0.05, 0) is 44.0 Å². The maximum Gasteiger partial charge on any atom is 0.243 e. The van der Waals surface area contributed by atoms with E-state index in [0.717, 1.165) is 32.0 Å². The SMILES string of the molecule is CCNCC1CCN(C(=O)CCNS(=O)(=O)c2ccccc2F)CC1.Cl. The first kappa shape index (κ1) is 22.8. The first-order chi connectivity index (χ1) is 11.9. The Morgan fingerprint density at radius 2 is 1.92 bits per heavy atom. The van der Waals surface area contributed by atoms with Crippen LogP contribution in [0.4, 0.5) is 4.39 Å². The van der Waals surface area contributed by atoms with E-state index < -0.39 is 20.7 Å². The van der Waals surface area contributed by atoms with Gasteiger partial charge >= 0.3 is 0 Å². The van der Waals surface area contributed by atoms with Gasteiger partial charge in [0.25, 0.3) is 0 Å². The highest BCUT2D eigenvalue weighted by Gasteiger charge is 2.23. The van der Waals surface area contributed by atoms with Crippen molar-refractivity contribution in [3.63, 3.8) is 0 Å². The lowest BCUT2D eigenvalue weighted by Gasteiger charge is -2.32. The van der Waals surface area contributed by atoms with Gasteiger partial charge in [-0.15, -0.1) is 12.4 Å². The van der Waals surface area contributed by atoms with Crippen LogP contribution >= 0.6 is 12.4 Å². The van der Waals surface area contributed by atoms with Gasteiger partial charge in [-0.25, -0.2) is 17.5 Å². The molecule has 0 aromatic heterocycles. The van der Waals surface area contributed by atoms with Crippen LogP contribution < -0.4 is 10.0 Å². The zero-order chi connectivity index (χ0) is 18.3. The van der Waals surface area contributed by atoms with Crippen LogP contribution in [0.5, 0.6) is 0 Å². The molecule has 26 heavy (non-hydrogen) atoms. The fraction of sp³-hybridized carbons (Fsp3) is 0.588. The molecule has 148 valence electrons. The zero-order valence-electron chi connectivity index (χ0n) is 14.9. The summed E-state index contributed by atoms with van der Waals surface area (Å²) < 4.78 is 40.0. The molecule has 1 heterocycles. The fourth-order valence-corrected chi connectivity index (χ4v) is 4.03. The summed E-state index contributed by atoms with van der Waals surface area (Å²) in [7, 11) is -3.94. The molecule has 1 aliphatic heterocycles. The van der Waals surface area contributed by atoms with Gasteiger partial charge in [-0.2, -0.15) is 0 Å². The Kier molecular flexibility index (Phi) is 9.49. The van der Waals surface area contributed by atoms with E-state index in [4.69, 9.17) is 0 Å². The van der Waals surface area contributed by atoms with Crippen molar-refractivity contribution in [1.29, 1.82) is 0 Å². The van der Waals surface area contributed by atoms with Crippen LogP contribution in [0.1, 0.15) is 26.2 Å². The Morgan fingerprint density at radius 1 is 1.27 bits per heavy atom. The summed E-state index contributed by atoms with van der Waals surface area (Å²) in [6, 6.07) is 5.18. The van der Waals surface area contributed by atoms with E-state index in [-0.39, 0.29) is 31.3 Å². The highest BCUT2D eigenvalue weighted by Crippen LogP contribution is 2.17. The van der Waals surface area contributed by atoms with Crippen LogP contribution in [0.2, 0.25) is 0 Å². The van der Waals surface area contributed by atoms with E-state index in [1.54, 1.807) is 4.90 Å². The maximum atomic E-state index is 13.6. The molecule has 1 fully saturated rings. The molecule has 0 bridgehead atoms. The number of piperidine rings is 1. The van der Waals surface area contributed by atoms with E-state index in [1.165, 1.54) is 18.2 Å². The normalized spacial score (nSPS) is 15.5. The van der Waals surface area contributed by atoms with Crippen molar-refractivity contribution in [3.8, 4) is 0 Å². The quantitative estimate of drug-likeness (QED) is 0.688. The Balaban J connectivity index is 0.00000338. The Hall–Kier alpha value is -1.22. The molecule has 2 N–H and O–H groups in total. The van der Waals surface area contributed by atoms with Crippen LogP contribution in [0.3, 0.4) is 0 Å². The summed E-state index contributed by atoms with van der Waals surface area (Å²) in [5.74, 6) is -0.286. The number of benzene rings is 1. The van der Waals surface area contributed by atoms with Gasteiger partial charge in [-0.3, -0.25) is 4.79 Å². The van der Waals surface area contributed by atoms with Crippen molar-refractivity contribution in [2.45, 2.75) is 31.1 Å². The Morgan fingerprint density at radius 3 is 2.54 bits per heavy atom. The minimum atomic E-state index is -3.94. The fourth-order valence-electron chi connectivity index (χ4n) is 2.93. The molecule has 0 spiro atoms. The lowest BCUT2D eigenvalue weighted by molar-refractivity contribution is -0.132. The number of rotatable bonds is 8. The summed E-state index contributed by atoms with van der Waals surface area (Å²) in [4.78, 5) is 13.6. The molecular weight excluding hydrogens is 381 g/mol. The highest BCUT2D eigenvalue weighted by atomic mass is 35.5. The second-order valence-electron chi connectivity index (χ2n) is 6.21. The predicted molar refractivity (Wildman–Crippen MR) is 101 cm³/mol. The van der Waals surface area contributed by atoms with Crippen LogP contribution in [-0.4, -0.2) is 51.9 Å². The number of likely N-dealkylation sites (tertiary alicyclic amines) is 1. The smallest absolute Gasteiger partial charge is 0.243 e. The predicted octanol–water partition coefficient (Wildman–Crippen LogP) is 1.76. The van der Waals surface area contributed by atoms with E-state index in [9.17, 15) is 17.6 Å². The number of carbonyl (C=O) groups excluding carboxylic acids is 1. The first-order valence-corrected chi connectivity index (χ1v) is 10.1. The minimum absolute atomic E-state index is 0. The van der Waals surface area contributed by atoms with E-state index in [1.807, 2.05) is 0 Å². The number of nitrogens with zero attached hydrogens (tertiary/aromatic N) is 1. The molecule has 1 aromatic rings. The molecule has 0 aliphatic carbocycles. The topological polar surface area (TPSA) is 78.5 Å². The molecule has 2 rings (SSSR count). The number of carbonyl (C=O) groups is 1. The standard InChI is InChI=1S/C17H26FN3O3S.ClH/c1-2-19-13-14-8-11-21(12-9-14)17(22)7-10-20-25(23,24)16-6-4-3-5-15(16)18;/h3-6,14,19-20H,2,7-13H2,1H3;1H. The first-order valence-electron chi connectivity index (χ1n) is 8.66. The number of amides is 1. The van der Waals surface area contributed by atoms with Crippen LogP contribution in [0.15, 0.2) is 29.2 Å². The number of sulfonamides is 1. The third-order valence-corrected chi connectivity index (χ3v) is 5.90. The Labute approximate surface area is 161 Å². The largest absolute Gasteiger partial charge is 0.343 e. The van der Waals surface area contributed by atoms with Gasteiger partial charge in [0.2, 0.25) is 15.9 Å². The van der Waals surface area contributed by atoms with Gasteiger partial charge in [0, 0.05) is 26.1 Å². The molecule has 1 saturated heterocycles. The van der Waals surface area contributed by atoms with Crippen molar-refractivity contribution in [3.05, 3.63) is 30.1 Å². The highest BCUT2D eigenvalue weighted by molar-refractivity contribution is 7.89. The second-order valence-corrected chi connectivity index (χ2v) is 7.95. The summed E-state index contributed by atoms with van der Waals surface area (Å²) in [6.07, 6.45) is 1.99. The summed E-state index contributed by atoms with van der Waals surface area (Å²) in [5.41, 5.74) is 0. The summed E-state index contributed by atoms with van der Waals surface area (Å²) in [5, 5.41) is 3.32.